The summed E-state index contributed by atoms with van der Waals surface area (Å²) in [6, 6.07) is 6.67. The maximum atomic E-state index is 12.2. The zero-order valence-electron chi connectivity index (χ0n) is 13.4. The third-order valence-electron chi connectivity index (χ3n) is 3.96. The average molecular weight is 346 g/mol. The fraction of sp³-hybridized carbons (Fsp3) is 0.235. The van der Waals surface area contributed by atoms with Crippen molar-refractivity contribution < 1.29 is 17.4 Å². The van der Waals surface area contributed by atoms with Gasteiger partial charge in [-0.1, -0.05) is 0 Å². The third kappa shape index (κ3) is 2.88. The highest BCUT2D eigenvalue weighted by molar-refractivity contribution is 7.86. The van der Waals surface area contributed by atoms with Crippen molar-refractivity contribution in [2.45, 2.75) is 25.2 Å². The molecule has 0 bridgehead atoms. The van der Waals surface area contributed by atoms with Crippen molar-refractivity contribution in [3.05, 3.63) is 46.8 Å². The van der Waals surface area contributed by atoms with E-state index in [4.69, 9.17) is 9.92 Å². The molecule has 126 valence electrons. The number of nitrogen functional groups attached to an aromatic ring is 1. The monoisotopic (exact) mass is 346 g/mol. The van der Waals surface area contributed by atoms with E-state index >= 15 is 0 Å². The number of Topliss-reactive ketones (excluding diaryl/α,β-unsaturated/α-hetero) is 1. The number of aryl methyl sites for hydroxylation is 1. The summed E-state index contributed by atoms with van der Waals surface area (Å²) in [6.45, 7) is 3.39. The van der Waals surface area contributed by atoms with Crippen LogP contribution in [0.5, 0.6) is 0 Å². The van der Waals surface area contributed by atoms with E-state index in [-0.39, 0.29) is 17.3 Å². The second kappa shape index (κ2) is 5.92. The van der Waals surface area contributed by atoms with Crippen molar-refractivity contribution in [2.75, 3.05) is 12.3 Å². The lowest BCUT2D eigenvalue weighted by atomic mass is 9.93. The first-order valence-corrected chi connectivity index (χ1v) is 8.90. The molecule has 24 heavy (non-hydrogen) atoms. The molecule has 0 amide bonds. The minimum Gasteiger partial charge on any atom is -0.398 e. The predicted molar refractivity (Wildman–Crippen MR) is 91.8 cm³/mol. The number of allylic oxidation sites excluding steroid dienone is 1. The van der Waals surface area contributed by atoms with E-state index in [0.717, 1.165) is 11.4 Å². The van der Waals surface area contributed by atoms with Gasteiger partial charge in [-0.05, 0) is 56.2 Å². The van der Waals surface area contributed by atoms with Gasteiger partial charge in [-0.25, -0.2) is 0 Å². The van der Waals surface area contributed by atoms with E-state index in [1.165, 1.54) is 19.1 Å². The van der Waals surface area contributed by atoms with E-state index in [0.29, 0.717) is 28.8 Å². The molecule has 1 aromatic heterocycles. The summed E-state index contributed by atoms with van der Waals surface area (Å²) in [5.74, 6) is -0.189. The predicted octanol–water partition coefficient (Wildman–Crippen LogP) is 2.30. The number of benzene rings is 1. The Labute approximate surface area is 140 Å². The van der Waals surface area contributed by atoms with Crippen LogP contribution < -0.4 is 5.73 Å². The number of carbonyl (C=O) groups is 1. The van der Waals surface area contributed by atoms with Crippen LogP contribution in [0.2, 0.25) is 0 Å². The van der Waals surface area contributed by atoms with Gasteiger partial charge in [0.05, 0.1) is 11.5 Å². The third-order valence-corrected chi connectivity index (χ3v) is 5.36. The molecule has 2 aromatic rings. The van der Waals surface area contributed by atoms with Gasteiger partial charge in [0.15, 0.2) is 5.78 Å². The Hall–Kier alpha value is -2.38. The molecular weight excluding hydrogens is 328 g/mol. The van der Waals surface area contributed by atoms with Gasteiger partial charge in [0.1, 0.15) is 0 Å². The maximum Gasteiger partial charge on any atom is 0.297 e. The fourth-order valence-corrected chi connectivity index (χ4v) is 4.05. The molecule has 0 saturated carbocycles. The Morgan fingerprint density at radius 2 is 2.04 bits per heavy atom. The Bertz CT molecular complexity index is 955. The summed E-state index contributed by atoms with van der Waals surface area (Å²) < 4.78 is 29.1. The average Bonchev–Trinajstić information content (AvgIpc) is 2.90. The van der Waals surface area contributed by atoms with Crippen LogP contribution in [0.25, 0.3) is 11.6 Å². The molecule has 0 unspecified atom stereocenters. The SMILES string of the molecule is CC(=O)/C(=C\c1ccc(C)[nH]1)c1c(N)ccc2c1CCOS2(=O)=O. The van der Waals surface area contributed by atoms with Crippen LogP contribution in [0.3, 0.4) is 0 Å². The molecule has 7 heteroatoms. The largest absolute Gasteiger partial charge is 0.398 e. The van der Waals surface area contributed by atoms with Crippen molar-refractivity contribution in [2.24, 2.45) is 0 Å². The summed E-state index contributed by atoms with van der Waals surface area (Å²) in [5.41, 5.74) is 9.56. The number of hydrogen-bond acceptors (Lipinski definition) is 5. The lowest BCUT2D eigenvalue weighted by Crippen LogP contribution is -2.20. The number of H-pyrrole nitrogens is 1. The Morgan fingerprint density at radius 3 is 2.67 bits per heavy atom. The van der Waals surface area contributed by atoms with Crippen LogP contribution in [0.15, 0.2) is 29.2 Å². The van der Waals surface area contributed by atoms with Gasteiger partial charge in [-0.3, -0.25) is 8.98 Å². The molecule has 2 heterocycles. The van der Waals surface area contributed by atoms with E-state index < -0.39 is 10.1 Å². The normalized spacial score (nSPS) is 16.7. The topological polar surface area (TPSA) is 102 Å². The Balaban J connectivity index is 2.26. The van der Waals surface area contributed by atoms with Gasteiger partial charge in [0, 0.05) is 28.2 Å². The number of nitrogens with one attached hydrogen (secondary N) is 1. The second-order valence-electron chi connectivity index (χ2n) is 5.74. The Kier molecular flexibility index (Phi) is 4.06. The fourth-order valence-electron chi connectivity index (χ4n) is 2.88. The molecule has 0 fully saturated rings. The first-order valence-electron chi connectivity index (χ1n) is 7.49. The van der Waals surface area contributed by atoms with Crippen LogP contribution in [0.4, 0.5) is 5.69 Å². The molecule has 1 aromatic carbocycles. The molecule has 0 saturated heterocycles. The number of anilines is 1. The van der Waals surface area contributed by atoms with E-state index in [1.807, 2.05) is 19.1 Å². The number of fused-ring (bicyclic) bond motifs is 1. The van der Waals surface area contributed by atoms with E-state index in [1.54, 1.807) is 6.08 Å². The first kappa shape index (κ1) is 16.5. The molecule has 0 aliphatic carbocycles. The van der Waals surface area contributed by atoms with Crippen LogP contribution in [-0.2, 0) is 25.5 Å². The second-order valence-corrected chi connectivity index (χ2v) is 7.33. The summed E-state index contributed by atoms with van der Waals surface area (Å²) in [5, 5.41) is 0. The van der Waals surface area contributed by atoms with Gasteiger partial charge in [0.25, 0.3) is 10.1 Å². The number of carbonyl (C=O) groups excluding carboxylic acids is 1. The zero-order chi connectivity index (χ0) is 17.5. The maximum absolute atomic E-state index is 12.2. The molecule has 3 N–H and O–H groups in total. The standard InChI is InChI=1S/C17H18N2O4S/c1-10-3-4-12(19-10)9-14(11(2)20)17-13-7-8-23-24(21,22)16(13)6-5-15(17)18/h3-6,9,19H,7-8,18H2,1-2H3/b14-9+. The highest BCUT2D eigenvalue weighted by atomic mass is 32.2. The minimum absolute atomic E-state index is 0.0403. The zero-order valence-corrected chi connectivity index (χ0v) is 14.2. The van der Waals surface area contributed by atoms with Crippen molar-refractivity contribution in [1.29, 1.82) is 0 Å². The molecule has 3 rings (SSSR count). The van der Waals surface area contributed by atoms with Gasteiger partial charge in [-0.15, -0.1) is 0 Å². The molecular formula is C17H18N2O4S. The first-order chi connectivity index (χ1) is 11.3. The number of ketones is 1. The summed E-state index contributed by atoms with van der Waals surface area (Å²) in [6.07, 6.45) is 2.08. The van der Waals surface area contributed by atoms with Crippen LogP contribution in [-0.4, -0.2) is 25.8 Å². The molecule has 0 radical (unpaired) electrons. The van der Waals surface area contributed by atoms with E-state index in [2.05, 4.69) is 4.98 Å². The number of hydrogen-bond donors (Lipinski definition) is 2. The highest BCUT2D eigenvalue weighted by Crippen LogP contribution is 2.35. The summed E-state index contributed by atoms with van der Waals surface area (Å²) in [7, 11) is -3.81. The van der Waals surface area contributed by atoms with Crippen LogP contribution >= 0.6 is 0 Å². The lowest BCUT2D eigenvalue weighted by Gasteiger charge is -2.21. The quantitative estimate of drug-likeness (QED) is 0.504. The van der Waals surface area contributed by atoms with Gasteiger partial charge in [0.2, 0.25) is 0 Å². The van der Waals surface area contributed by atoms with Crippen molar-refractivity contribution in [3.63, 3.8) is 0 Å². The molecule has 1 aliphatic heterocycles. The van der Waals surface area contributed by atoms with E-state index in [9.17, 15) is 13.2 Å². The molecule has 0 atom stereocenters. The van der Waals surface area contributed by atoms with Gasteiger partial charge in [-0.2, -0.15) is 8.42 Å². The molecule has 0 spiro atoms. The highest BCUT2D eigenvalue weighted by Gasteiger charge is 2.29. The van der Waals surface area contributed by atoms with Crippen molar-refractivity contribution in [1.82, 2.24) is 4.98 Å². The van der Waals surface area contributed by atoms with Crippen LogP contribution in [0.1, 0.15) is 29.4 Å². The van der Waals surface area contributed by atoms with Crippen molar-refractivity contribution >= 4 is 33.2 Å². The van der Waals surface area contributed by atoms with Gasteiger partial charge < -0.3 is 10.7 Å². The molecule has 1 aliphatic rings. The smallest absolute Gasteiger partial charge is 0.297 e. The number of rotatable bonds is 3. The summed E-state index contributed by atoms with van der Waals surface area (Å²) in [4.78, 5) is 15.4. The number of aromatic nitrogens is 1. The molecule has 6 nitrogen and oxygen atoms in total. The Morgan fingerprint density at radius 1 is 1.29 bits per heavy atom. The lowest BCUT2D eigenvalue weighted by molar-refractivity contribution is -0.111. The van der Waals surface area contributed by atoms with Crippen LogP contribution in [0, 0.1) is 6.92 Å². The number of aromatic amines is 1. The number of nitrogens with two attached hydrogens (primary N) is 1. The minimum atomic E-state index is -3.81. The van der Waals surface area contributed by atoms with Gasteiger partial charge >= 0.3 is 0 Å². The van der Waals surface area contributed by atoms with Crippen molar-refractivity contribution in [3.8, 4) is 0 Å². The summed E-state index contributed by atoms with van der Waals surface area (Å²) >= 11 is 0.